The number of rotatable bonds is 11. The number of nitrogens with zero attached hydrogens (tertiary/aromatic N) is 1. The summed E-state index contributed by atoms with van der Waals surface area (Å²) in [6.07, 6.45) is 4.08. The number of aliphatic hydroxyl groups is 1. The lowest BCUT2D eigenvalue weighted by Gasteiger charge is -2.20. The Morgan fingerprint density at radius 1 is 1.06 bits per heavy atom. The Bertz CT molecular complexity index is 1340. The van der Waals surface area contributed by atoms with Crippen LogP contribution in [0.2, 0.25) is 0 Å². The number of para-hydroxylation sites is 1. The second-order valence-electron chi connectivity index (χ2n) is 8.59. The normalized spacial score (nSPS) is 14.1. The molecule has 36 heavy (non-hydrogen) atoms. The molecule has 2 N–H and O–H groups in total. The number of benzene rings is 3. The number of aryl methyl sites for hydroxylation is 1. The van der Waals surface area contributed by atoms with E-state index in [1.54, 1.807) is 48.6 Å². The van der Waals surface area contributed by atoms with Crippen LogP contribution in [0, 0.1) is 0 Å². The standard InChI is InChI=1S/C28H29NO6S/c30-24(17-19-35-27-9-5-4-6-23(27)13-15-28(31)32)14-11-21-10-12-22-16-18-29(26(22)20-21)36(33,34)25-7-2-1-3-8-25/h1-12,14,20,24,30H,13,15-19H2,(H,31,32)/b14-11+. The number of fused-ring (bicyclic) bond motifs is 1. The Labute approximate surface area is 211 Å². The molecule has 7 nitrogen and oxygen atoms in total. The Hall–Kier alpha value is -3.62. The van der Waals surface area contributed by atoms with Crippen LogP contribution < -0.4 is 9.04 Å². The van der Waals surface area contributed by atoms with Gasteiger partial charge in [0.15, 0.2) is 0 Å². The van der Waals surface area contributed by atoms with Crippen molar-refractivity contribution in [3.05, 3.63) is 95.6 Å². The molecule has 0 spiro atoms. The fraction of sp³-hybridized carbons (Fsp3) is 0.250. The summed E-state index contributed by atoms with van der Waals surface area (Å²) in [4.78, 5) is 11.1. The summed E-state index contributed by atoms with van der Waals surface area (Å²) in [6.45, 7) is 0.663. The number of carboxylic acid groups (broad SMARTS) is 1. The highest BCUT2D eigenvalue weighted by molar-refractivity contribution is 7.92. The fourth-order valence-electron chi connectivity index (χ4n) is 4.14. The average molecular weight is 508 g/mol. The lowest BCUT2D eigenvalue weighted by molar-refractivity contribution is -0.136. The van der Waals surface area contributed by atoms with Crippen LogP contribution in [0.15, 0.2) is 83.8 Å². The zero-order valence-electron chi connectivity index (χ0n) is 19.8. The summed E-state index contributed by atoms with van der Waals surface area (Å²) < 4.78 is 33.5. The van der Waals surface area contributed by atoms with Crippen LogP contribution in [0.4, 0.5) is 5.69 Å². The number of hydrogen-bond acceptors (Lipinski definition) is 5. The van der Waals surface area contributed by atoms with Crippen LogP contribution in [0.5, 0.6) is 5.75 Å². The SMILES string of the molecule is O=C(O)CCc1ccccc1OCCC(O)/C=C/c1ccc2c(c1)N(S(=O)(=O)c1ccccc1)CC2. The monoisotopic (exact) mass is 507 g/mol. The van der Waals surface area contributed by atoms with E-state index in [4.69, 9.17) is 9.84 Å². The fourth-order valence-corrected chi connectivity index (χ4v) is 5.66. The topological polar surface area (TPSA) is 104 Å². The van der Waals surface area contributed by atoms with Crippen LogP contribution in [0.25, 0.3) is 6.08 Å². The van der Waals surface area contributed by atoms with Crippen molar-refractivity contribution < 1.29 is 28.2 Å². The molecule has 1 unspecified atom stereocenters. The van der Waals surface area contributed by atoms with Crippen molar-refractivity contribution in [1.82, 2.24) is 0 Å². The largest absolute Gasteiger partial charge is 0.493 e. The second kappa shape index (κ2) is 11.4. The van der Waals surface area contributed by atoms with Gasteiger partial charge in [0.1, 0.15) is 5.75 Å². The van der Waals surface area contributed by atoms with Gasteiger partial charge >= 0.3 is 5.97 Å². The minimum Gasteiger partial charge on any atom is -0.493 e. The molecule has 1 aliphatic rings. The highest BCUT2D eigenvalue weighted by Gasteiger charge is 2.30. The molecule has 0 radical (unpaired) electrons. The molecule has 8 heteroatoms. The van der Waals surface area contributed by atoms with E-state index >= 15 is 0 Å². The molecule has 188 valence electrons. The van der Waals surface area contributed by atoms with Gasteiger partial charge in [-0.15, -0.1) is 0 Å². The van der Waals surface area contributed by atoms with Crippen molar-refractivity contribution in [2.75, 3.05) is 17.5 Å². The summed E-state index contributed by atoms with van der Waals surface area (Å²) in [6, 6.07) is 21.4. The van der Waals surface area contributed by atoms with Crippen molar-refractivity contribution >= 4 is 27.8 Å². The highest BCUT2D eigenvalue weighted by Crippen LogP contribution is 2.34. The third-order valence-corrected chi connectivity index (χ3v) is 7.88. The van der Waals surface area contributed by atoms with Crippen LogP contribution in [0.3, 0.4) is 0 Å². The second-order valence-corrected chi connectivity index (χ2v) is 10.5. The maximum atomic E-state index is 13.1. The molecule has 4 rings (SSSR count). The van der Waals surface area contributed by atoms with Crippen LogP contribution in [0.1, 0.15) is 29.5 Å². The molecule has 0 bridgehead atoms. The number of carbonyl (C=O) groups is 1. The highest BCUT2D eigenvalue weighted by atomic mass is 32.2. The molecule has 1 atom stereocenters. The first-order valence-electron chi connectivity index (χ1n) is 11.8. The van der Waals surface area contributed by atoms with Gasteiger partial charge in [-0.1, -0.05) is 60.7 Å². The molecular formula is C28H29NO6S. The van der Waals surface area contributed by atoms with E-state index in [1.165, 1.54) is 4.31 Å². The van der Waals surface area contributed by atoms with E-state index in [1.807, 2.05) is 36.4 Å². The van der Waals surface area contributed by atoms with E-state index in [-0.39, 0.29) is 17.9 Å². The number of anilines is 1. The molecule has 3 aromatic carbocycles. The quantitative estimate of drug-likeness (QED) is 0.401. The molecule has 0 aliphatic carbocycles. The lowest BCUT2D eigenvalue weighted by atomic mass is 10.1. The molecule has 0 amide bonds. The van der Waals surface area contributed by atoms with Gasteiger partial charge in [-0.3, -0.25) is 9.10 Å². The zero-order chi connectivity index (χ0) is 25.5. The predicted octanol–water partition coefficient (Wildman–Crippen LogP) is 4.30. The smallest absolute Gasteiger partial charge is 0.303 e. The molecular weight excluding hydrogens is 478 g/mol. The van der Waals surface area contributed by atoms with Crippen molar-refractivity contribution in [1.29, 1.82) is 0 Å². The van der Waals surface area contributed by atoms with E-state index in [9.17, 15) is 18.3 Å². The van der Waals surface area contributed by atoms with E-state index in [0.29, 0.717) is 37.2 Å². The van der Waals surface area contributed by atoms with Crippen molar-refractivity contribution in [2.45, 2.75) is 36.7 Å². The molecule has 1 aliphatic heterocycles. The molecule has 0 aromatic heterocycles. The number of sulfonamides is 1. The van der Waals surface area contributed by atoms with E-state index < -0.39 is 22.1 Å². The number of carboxylic acids is 1. The molecule has 0 fully saturated rings. The molecule has 0 saturated heterocycles. The van der Waals surface area contributed by atoms with Crippen LogP contribution >= 0.6 is 0 Å². The summed E-state index contributed by atoms with van der Waals surface area (Å²) >= 11 is 0. The summed E-state index contributed by atoms with van der Waals surface area (Å²) in [7, 11) is -3.64. The van der Waals surface area contributed by atoms with Gasteiger partial charge in [0.05, 0.1) is 23.3 Å². The van der Waals surface area contributed by atoms with Crippen LogP contribution in [-0.2, 0) is 27.7 Å². The minimum absolute atomic E-state index is 0.0244. The maximum Gasteiger partial charge on any atom is 0.303 e. The van der Waals surface area contributed by atoms with Crippen molar-refractivity contribution in [3.63, 3.8) is 0 Å². The van der Waals surface area contributed by atoms with Crippen LogP contribution in [-0.4, -0.2) is 43.9 Å². The van der Waals surface area contributed by atoms with E-state index in [0.717, 1.165) is 16.7 Å². The number of aliphatic hydroxyl groups excluding tert-OH is 1. The molecule has 3 aromatic rings. The van der Waals surface area contributed by atoms with Gasteiger partial charge in [0, 0.05) is 19.4 Å². The Kier molecular flexibility index (Phi) is 8.07. The lowest BCUT2D eigenvalue weighted by Crippen LogP contribution is -2.29. The zero-order valence-corrected chi connectivity index (χ0v) is 20.6. The summed E-state index contributed by atoms with van der Waals surface area (Å²) in [5.74, 6) is -0.244. The summed E-state index contributed by atoms with van der Waals surface area (Å²) in [5.41, 5.74) is 3.25. The molecule has 0 saturated carbocycles. The first-order chi connectivity index (χ1) is 17.3. The number of aliphatic carboxylic acids is 1. The van der Waals surface area contributed by atoms with E-state index in [2.05, 4.69) is 0 Å². The van der Waals surface area contributed by atoms with Gasteiger partial charge < -0.3 is 14.9 Å². The Morgan fingerprint density at radius 2 is 1.81 bits per heavy atom. The minimum atomic E-state index is -3.64. The first-order valence-corrected chi connectivity index (χ1v) is 13.3. The van der Waals surface area contributed by atoms with Crippen molar-refractivity contribution in [3.8, 4) is 5.75 Å². The Balaban J connectivity index is 1.37. The van der Waals surface area contributed by atoms with Gasteiger partial charge in [0.2, 0.25) is 0 Å². The predicted molar refractivity (Wildman–Crippen MR) is 139 cm³/mol. The third-order valence-electron chi connectivity index (χ3n) is 6.06. The first kappa shape index (κ1) is 25.5. The van der Waals surface area contributed by atoms with Crippen molar-refractivity contribution in [2.24, 2.45) is 0 Å². The third kappa shape index (κ3) is 6.13. The Morgan fingerprint density at radius 3 is 2.58 bits per heavy atom. The van der Waals surface area contributed by atoms with Gasteiger partial charge in [-0.05, 0) is 53.8 Å². The maximum absolute atomic E-state index is 13.1. The van der Waals surface area contributed by atoms with Gasteiger partial charge in [-0.25, -0.2) is 8.42 Å². The average Bonchev–Trinajstić information content (AvgIpc) is 3.31. The summed E-state index contributed by atoms with van der Waals surface area (Å²) in [5, 5.41) is 19.3. The number of ether oxygens (including phenoxy) is 1. The van der Waals surface area contributed by atoms with Gasteiger partial charge in [0.25, 0.3) is 10.0 Å². The molecule has 1 heterocycles. The number of hydrogen-bond donors (Lipinski definition) is 2. The van der Waals surface area contributed by atoms with Gasteiger partial charge in [-0.2, -0.15) is 0 Å².